The molecule has 0 spiro atoms. The number of aryl methyl sites for hydroxylation is 1. The van der Waals surface area contributed by atoms with Gasteiger partial charge in [0, 0.05) is 18.0 Å². The summed E-state index contributed by atoms with van der Waals surface area (Å²) in [6, 6.07) is 0. The first-order valence-electron chi connectivity index (χ1n) is 6.05. The lowest BCUT2D eigenvalue weighted by Crippen LogP contribution is -2.49. The van der Waals surface area contributed by atoms with Crippen LogP contribution in [0, 0.1) is 6.92 Å². The quantitative estimate of drug-likeness (QED) is 0.912. The maximum Gasteiger partial charge on any atom is 0.355 e. The van der Waals surface area contributed by atoms with Crippen molar-refractivity contribution in [3.63, 3.8) is 0 Å². The van der Waals surface area contributed by atoms with Crippen LogP contribution in [0.1, 0.15) is 35.6 Å². The normalized spacial score (nSPS) is 24.3. The van der Waals surface area contributed by atoms with Crippen LogP contribution in [0.25, 0.3) is 0 Å². The topological polar surface area (TPSA) is 62.7 Å². The van der Waals surface area contributed by atoms with E-state index < -0.39 is 5.97 Å². The van der Waals surface area contributed by atoms with Crippen LogP contribution in [0.15, 0.2) is 0 Å². The number of carboxylic acid groups (broad SMARTS) is 1. The zero-order chi connectivity index (χ0) is 13.3. The standard InChI is InChI=1S/C12H18N2O3S/c1-4-12(3)7-14(5-6-17-12)11-13-9(10(15)16)8(2)18-11/h4-7H2,1-3H3,(H,15,16). The van der Waals surface area contributed by atoms with Crippen molar-refractivity contribution in [2.75, 3.05) is 24.6 Å². The summed E-state index contributed by atoms with van der Waals surface area (Å²) in [6.45, 7) is 8.16. The van der Waals surface area contributed by atoms with Gasteiger partial charge in [0.15, 0.2) is 10.8 Å². The number of aromatic carboxylic acids is 1. The van der Waals surface area contributed by atoms with E-state index in [1.54, 1.807) is 6.92 Å². The first-order chi connectivity index (χ1) is 8.45. The van der Waals surface area contributed by atoms with Gasteiger partial charge in [-0.05, 0) is 20.3 Å². The van der Waals surface area contributed by atoms with Gasteiger partial charge in [0.05, 0.1) is 12.2 Å². The van der Waals surface area contributed by atoms with Crippen LogP contribution in [-0.2, 0) is 4.74 Å². The van der Waals surface area contributed by atoms with E-state index in [-0.39, 0.29) is 11.3 Å². The molecule has 2 rings (SSSR count). The first-order valence-corrected chi connectivity index (χ1v) is 6.86. The molecule has 1 N–H and O–H groups in total. The van der Waals surface area contributed by atoms with E-state index in [0.29, 0.717) is 6.61 Å². The fraction of sp³-hybridized carbons (Fsp3) is 0.667. The number of aromatic nitrogens is 1. The van der Waals surface area contributed by atoms with E-state index in [4.69, 9.17) is 9.84 Å². The van der Waals surface area contributed by atoms with Gasteiger partial charge >= 0.3 is 5.97 Å². The van der Waals surface area contributed by atoms with E-state index in [9.17, 15) is 4.79 Å². The third kappa shape index (κ3) is 2.49. The highest BCUT2D eigenvalue weighted by Gasteiger charge is 2.32. The molecule has 6 heteroatoms. The summed E-state index contributed by atoms with van der Waals surface area (Å²) in [5.41, 5.74) is 0.000918. The predicted molar refractivity (Wildman–Crippen MR) is 70.7 cm³/mol. The average Bonchev–Trinajstić information content (AvgIpc) is 2.72. The van der Waals surface area contributed by atoms with E-state index in [1.807, 2.05) is 0 Å². The van der Waals surface area contributed by atoms with E-state index in [0.717, 1.165) is 29.5 Å². The maximum absolute atomic E-state index is 11.0. The second-order valence-corrected chi connectivity index (χ2v) is 5.96. The minimum atomic E-state index is -0.957. The lowest BCUT2D eigenvalue weighted by Gasteiger charge is -2.39. The van der Waals surface area contributed by atoms with Crippen LogP contribution in [0.4, 0.5) is 5.13 Å². The van der Waals surface area contributed by atoms with Gasteiger partial charge < -0.3 is 14.7 Å². The second-order valence-electron chi connectivity index (χ2n) is 4.78. The molecule has 0 aromatic carbocycles. The SMILES string of the molecule is CCC1(C)CN(c2nc(C(=O)O)c(C)s2)CCO1. The molecule has 1 fully saturated rings. The maximum atomic E-state index is 11.0. The highest BCUT2D eigenvalue weighted by Crippen LogP contribution is 2.30. The zero-order valence-electron chi connectivity index (χ0n) is 10.9. The van der Waals surface area contributed by atoms with Crippen LogP contribution in [-0.4, -0.2) is 41.4 Å². The van der Waals surface area contributed by atoms with E-state index in [2.05, 4.69) is 23.7 Å². The number of hydrogen-bond donors (Lipinski definition) is 1. The fourth-order valence-corrected chi connectivity index (χ4v) is 2.95. The molecule has 1 aliphatic rings. The molecule has 0 aliphatic carbocycles. The molecule has 5 nitrogen and oxygen atoms in total. The molecule has 18 heavy (non-hydrogen) atoms. The molecule has 1 unspecified atom stereocenters. The predicted octanol–water partition coefficient (Wildman–Crippen LogP) is 2.16. The lowest BCUT2D eigenvalue weighted by molar-refractivity contribution is -0.0441. The molecule has 0 amide bonds. The molecular weight excluding hydrogens is 252 g/mol. The average molecular weight is 270 g/mol. The fourth-order valence-electron chi connectivity index (χ4n) is 2.02. The lowest BCUT2D eigenvalue weighted by atomic mass is 10.0. The molecule has 0 radical (unpaired) electrons. The number of rotatable bonds is 3. The van der Waals surface area contributed by atoms with Crippen molar-refractivity contribution in [3.8, 4) is 0 Å². The van der Waals surface area contributed by atoms with E-state index >= 15 is 0 Å². The number of ether oxygens (including phenoxy) is 1. The Morgan fingerprint density at radius 1 is 1.67 bits per heavy atom. The summed E-state index contributed by atoms with van der Waals surface area (Å²) in [4.78, 5) is 18.1. The molecule has 1 aromatic heterocycles. The Balaban J connectivity index is 2.21. The van der Waals surface area contributed by atoms with Gasteiger partial charge in [-0.25, -0.2) is 9.78 Å². The van der Waals surface area contributed by atoms with Gasteiger partial charge in [0.1, 0.15) is 0 Å². The Morgan fingerprint density at radius 3 is 2.94 bits per heavy atom. The van der Waals surface area contributed by atoms with Crippen molar-refractivity contribution in [2.45, 2.75) is 32.8 Å². The Bertz CT molecular complexity index is 460. The summed E-state index contributed by atoms with van der Waals surface area (Å²) in [7, 11) is 0. The molecule has 0 saturated carbocycles. The third-order valence-electron chi connectivity index (χ3n) is 3.34. The number of anilines is 1. The number of carbonyl (C=O) groups is 1. The molecule has 0 bridgehead atoms. The van der Waals surface area contributed by atoms with Crippen molar-refractivity contribution < 1.29 is 14.6 Å². The monoisotopic (exact) mass is 270 g/mol. The van der Waals surface area contributed by atoms with Crippen LogP contribution in [0.2, 0.25) is 0 Å². The van der Waals surface area contributed by atoms with Crippen molar-refractivity contribution in [3.05, 3.63) is 10.6 Å². The van der Waals surface area contributed by atoms with Crippen molar-refractivity contribution in [1.29, 1.82) is 0 Å². The van der Waals surface area contributed by atoms with Crippen molar-refractivity contribution in [1.82, 2.24) is 4.98 Å². The Labute approximate surface area is 110 Å². The molecule has 1 atom stereocenters. The summed E-state index contributed by atoms with van der Waals surface area (Å²) in [6.07, 6.45) is 0.930. The molecule has 2 heterocycles. The van der Waals surface area contributed by atoms with Crippen LogP contribution in [0.5, 0.6) is 0 Å². The van der Waals surface area contributed by atoms with Crippen LogP contribution < -0.4 is 4.90 Å². The zero-order valence-corrected chi connectivity index (χ0v) is 11.7. The first kappa shape index (κ1) is 13.3. The number of carboxylic acids is 1. The molecule has 100 valence electrons. The summed E-state index contributed by atoms with van der Waals surface area (Å²) in [5, 5.41) is 9.81. The number of morpholine rings is 1. The van der Waals surface area contributed by atoms with Gasteiger partial charge in [0.2, 0.25) is 0 Å². The van der Waals surface area contributed by atoms with Gasteiger partial charge in [-0.15, -0.1) is 11.3 Å². The Morgan fingerprint density at radius 2 is 2.39 bits per heavy atom. The van der Waals surface area contributed by atoms with Gasteiger partial charge in [-0.1, -0.05) is 6.92 Å². The van der Waals surface area contributed by atoms with Crippen molar-refractivity contribution >= 4 is 22.4 Å². The largest absolute Gasteiger partial charge is 0.476 e. The number of hydrogen-bond acceptors (Lipinski definition) is 5. The van der Waals surface area contributed by atoms with Gasteiger partial charge in [-0.2, -0.15) is 0 Å². The number of thiazole rings is 1. The third-order valence-corrected chi connectivity index (χ3v) is 4.37. The smallest absolute Gasteiger partial charge is 0.355 e. The Hall–Kier alpha value is -1.14. The molecular formula is C12H18N2O3S. The van der Waals surface area contributed by atoms with Crippen LogP contribution in [0.3, 0.4) is 0 Å². The number of nitrogens with zero attached hydrogens (tertiary/aromatic N) is 2. The van der Waals surface area contributed by atoms with E-state index in [1.165, 1.54) is 11.3 Å². The van der Waals surface area contributed by atoms with Crippen LogP contribution >= 0.6 is 11.3 Å². The Kier molecular flexibility index (Phi) is 3.59. The minimum Gasteiger partial charge on any atom is -0.476 e. The molecule has 1 aliphatic heterocycles. The molecule has 1 aromatic rings. The highest BCUT2D eigenvalue weighted by molar-refractivity contribution is 7.15. The minimum absolute atomic E-state index is 0.165. The van der Waals surface area contributed by atoms with Crippen molar-refractivity contribution in [2.24, 2.45) is 0 Å². The van der Waals surface area contributed by atoms with Gasteiger partial charge in [-0.3, -0.25) is 0 Å². The van der Waals surface area contributed by atoms with Gasteiger partial charge in [0.25, 0.3) is 0 Å². The highest BCUT2D eigenvalue weighted by atomic mass is 32.1. The molecule has 1 saturated heterocycles. The summed E-state index contributed by atoms with van der Waals surface area (Å²) in [5.74, 6) is -0.957. The second kappa shape index (κ2) is 4.85. The summed E-state index contributed by atoms with van der Waals surface area (Å²) >= 11 is 1.44. The summed E-state index contributed by atoms with van der Waals surface area (Å²) < 4.78 is 5.77.